The number of halogens is 1. The Morgan fingerprint density at radius 3 is 2.60 bits per heavy atom. The summed E-state index contributed by atoms with van der Waals surface area (Å²) in [5.74, 6) is -1.72. The Hall–Kier alpha value is -0.860. The van der Waals surface area contributed by atoms with Crippen molar-refractivity contribution in [2.75, 3.05) is 6.54 Å². The molecule has 0 radical (unpaired) electrons. The minimum absolute atomic E-state index is 0.0406. The second-order valence-electron chi connectivity index (χ2n) is 5.09. The summed E-state index contributed by atoms with van der Waals surface area (Å²) in [6.45, 7) is 2.41. The van der Waals surface area contributed by atoms with Gasteiger partial charge < -0.3 is 9.52 Å². The zero-order valence-electron chi connectivity index (χ0n) is 11.0. The lowest BCUT2D eigenvalue weighted by Crippen LogP contribution is -2.41. The Morgan fingerprint density at radius 1 is 1.55 bits per heavy atom. The molecule has 2 rings (SSSR count). The fourth-order valence-corrected chi connectivity index (χ4v) is 4.39. The third-order valence-electron chi connectivity index (χ3n) is 3.96. The number of hydrogen-bond donors (Lipinski definition) is 2. The van der Waals surface area contributed by atoms with Crippen molar-refractivity contribution in [2.45, 2.75) is 37.5 Å². The van der Waals surface area contributed by atoms with E-state index in [1.54, 1.807) is 0 Å². The number of aromatic carboxylic acids is 1. The van der Waals surface area contributed by atoms with E-state index in [0.717, 1.165) is 31.7 Å². The third-order valence-corrected chi connectivity index (χ3v) is 6.22. The van der Waals surface area contributed by atoms with Gasteiger partial charge in [-0.05, 0) is 40.6 Å². The number of hydrogen-bond acceptors (Lipinski definition) is 4. The van der Waals surface area contributed by atoms with E-state index in [0.29, 0.717) is 6.54 Å². The van der Waals surface area contributed by atoms with Crippen LogP contribution in [-0.2, 0) is 10.0 Å². The maximum absolute atomic E-state index is 12.2. The van der Waals surface area contributed by atoms with E-state index in [2.05, 4.69) is 20.7 Å². The molecule has 20 heavy (non-hydrogen) atoms. The molecule has 0 unspecified atom stereocenters. The van der Waals surface area contributed by atoms with Crippen LogP contribution in [0, 0.1) is 5.41 Å². The molecular weight excluding hydrogens is 350 g/mol. The molecule has 1 aliphatic carbocycles. The molecule has 0 spiro atoms. The van der Waals surface area contributed by atoms with Crippen LogP contribution < -0.4 is 4.72 Å². The van der Waals surface area contributed by atoms with Crippen molar-refractivity contribution < 1.29 is 22.7 Å². The van der Waals surface area contributed by atoms with Gasteiger partial charge in [-0.3, -0.25) is 0 Å². The van der Waals surface area contributed by atoms with Crippen LogP contribution in [0.1, 0.15) is 43.2 Å². The van der Waals surface area contributed by atoms with E-state index < -0.39 is 21.8 Å². The fraction of sp³-hybridized carbons (Fsp3) is 0.583. The first-order valence-electron chi connectivity index (χ1n) is 6.32. The molecule has 0 bridgehead atoms. The zero-order chi connectivity index (χ0) is 15.0. The van der Waals surface area contributed by atoms with E-state index in [4.69, 9.17) is 9.52 Å². The van der Waals surface area contributed by atoms with Crippen molar-refractivity contribution in [3.8, 4) is 0 Å². The van der Waals surface area contributed by atoms with Crippen molar-refractivity contribution in [1.82, 2.24) is 4.72 Å². The van der Waals surface area contributed by atoms with Crippen LogP contribution in [0.4, 0.5) is 0 Å². The van der Waals surface area contributed by atoms with Gasteiger partial charge in [0, 0.05) is 12.6 Å². The van der Waals surface area contributed by atoms with Gasteiger partial charge >= 0.3 is 5.97 Å². The first-order valence-corrected chi connectivity index (χ1v) is 8.59. The Labute approximate surface area is 125 Å². The molecule has 2 N–H and O–H groups in total. The molecule has 112 valence electrons. The molecule has 1 heterocycles. The number of nitrogens with one attached hydrogen (secondary N) is 1. The summed E-state index contributed by atoms with van der Waals surface area (Å²) in [7, 11) is -3.78. The number of carboxylic acids is 1. The molecule has 1 fully saturated rings. The zero-order valence-corrected chi connectivity index (χ0v) is 13.4. The minimum atomic E-state index is -3.78. The molecule has 0 atom stereocenters. The molecule has 1 aliphatic rings. The Morgan fingerprint density at radius 2 is 2.20 bits per heavy atom. The summed E-state index contributed by atoms with van der Waals surface area (Å²) in [4.78, 5) is 10.6. The number of rotatable bonds is 6. The number of furan rings is 1. The SMILES string of the molecule is CCC1(CNS(=O)(=O)c2cc(C(=O)O)oc2Br)CCC1. The van der Waals surface area contributed by atoms with E-state index >= 15 is 0 Å². The molecule has 8 heteroatoms. The second kappa shape index (κ2) is 5.50. The van der Waals surface area contributed by atoms with Crippen LogP contribution in [0.5, 0.6) is 0 Å². The lowest BCUT2D eigenvalue weighted by atomic mass is 9.67. The van der Waals surface area contributed by atoms with Gasteiger partial charge in [-0.1, -0.05) is 13.3 Å². The lowest BCUT2D eigenvalue weighted by molar-refractivity contribution is 0.0661. The van der Waals surface area contributed by atoms with Gasteiger partial charge in [-0.15, -0.1) is 0 Å². The highest BCUT2D eigenvalue weighted by Crippen LogP contribution is 2.43. The van der Waals surface area contributed by atoms with Gasteiger partial charge in [-0.2, -0.15) is 0 Å². The summed E-state index contributed by atoms with van der Waals surface area (Å²) in [5, 5.41) is 8.80. The highest BCUT2D eigenvalue weighted by atomic mass is 79.9. The summed E-state index contributed by atoms with van der Waals surface area (Å²) in [6, 6.07) is 1.01. The summed E-state index contributed by atoms with van der Waals surface area (Å²) < 4.78 is 31.7. The van der Waals surface area contributed by atoms with Crippen LogP contribution >= 0.6 is 15.9 Å². The van der Waals surface area contributed by atoms with Crippen molar-refractivity contribution >= 4 is 31.9 Å². The van der Waals surface area contributed by atoms with Gasteiger partial charge in [0.15, 0.2) is 4.67 Å². The largest absolute Gasteiger partial charge is 0.475 e. The topological polar surface area (TPSA) is 96.6 Å². The summed E-state index contributed by atoms with van der Waals surface area (Å²) >= 11 is 2.94. The number of sulfonamides is 1. The van der Waals surface area contributed by atoms with Crippen LogP contribution in [-0.4, -0.2) is 26.0 Å². The maximum atomic E-state index is 12.2. The summed E-state index contributed by atoms with van der Waals surface area (Å²) in [5.41, 5.74) is 0.0406. The van der Waals surface area contributed by atoms with E-state index in [1.807, 2.05) is 6.92 Å². The molecule has 0 amide bonds. The molecule has 1 aromatic rings. The smallest absolute Gasteiger partial charge is 0.371 e. The minimum Gasteiger partial charge on any atom is -0.475 e. The molecule has 0 aromatic carbocycles. The van der Waals surface area contributed by atoms with Crippen molar-refractivity contribution in [2.24, 2.45) is 5.41 Å². The average Bonchev–Trinajstić information content (AvgIpc) is 2.71. The average molecular weight is 366 g/mol. The number of carbonyl (C=O) groups is 1. The Kier molecular flexibility index (Phi) is 4.27. The predicted molar refractivity (Wildman–Crippen MR) is 75.1 cm³/mol. The number of carboxylic acid groups (broad SMARTS) is 1. The van der Waals surface area contributed by atoms with Gasteiger partial charge in [0.25, 0.3) is 0 Å². The second-order valence-corrected chi connectivity index (χ2v) is 7.54. The van der Waals surface area contributed by atoms with E-state index in [9.17, 15) is 13.2 Å². The lowest BCUT2D eigenvalue weighted by Gasteiger charge is -2.41. The third kappa shape index (κ3) is 2.91. The summed E-state index contributed by atoms with van der Waals surface area (Å²) in [6.07, 6.45) is 4.06. The molecular formula is C12H16BrNO5S. The monoisotopic (exact) mass is 365 g/mol. The van der Waals surface area contributed by atoms with Crippen molar-refractivity contribution in [3.05, 3.63) is 16.5 Å². The molecule has 0 saturated heterocycles. The van der Waals surface area contributed by atoms with Gasteiger partial charge in [-0.25, -0.2) is 17.9 Å². The van der Waals surface area contributed by atoms with Crippen LogP contribution in [0.3, 0.4) is 0 Å². The maximum Gasteiger partial charge on any atom is 0.371 e. The normalized spacial score (nSPS) is 17.7. The molecule has 6 nitrogen and oxygen atoms in total. The van der Waals surface area contributed by atoms with Gasteiger partial charge in [0.05, 0.1) is 0 Å². The standard InChI is InChI=1S/C12H16BrNO5S/c1-2-12(4-3-5-12)7-14-20(17,18)9-6-8(11(15)16)19-10(9)13/h6,14H,2-5,7H2,1H3,(H,15,16). The van der Waals surface area contributed by atoms with Gasteiger partial charge in [0.1, 0.15) is 4.90 Å². The first kappa shape index (κ1) is 15.5. The van der Waals surface area contributed by atoms with Crippen LogP contribution in [0.2, 0.25) is 0 Å². The fourth-order valence-electron chi connectivity index (χ4n) is 2.30. The predicted octanol–water partition coefficient (Wildman–Crippen LogP) is 2.60. The van der Waals surface area contributed by atoms with E-state index in [-0.39, 0.29) is 15.0 Å². The van der Waals surface area contributed by atoms with Crippen molar-refractivity contribution in [1.29, 1.82) is 0 Å². The quantitative estimate of drug-likeness (QED) is 0.807. The van der Waals surface area contributed by atoms with Crippen LogP contribution in [0.15, 0.2) is 20.0 Å². The van der Waals surface area contributed by atoms with Crippen molar-refractivity contribution in [3.63, 3.8) is 0 Å². The Bertz CT molecular complexity index is 612. The van der Waals surface area contributed by atoms with Gasteiger partial charge in [0.2, 0.25) is 15.8 Å². The highest BCUT2D eigenvalue weighted by Gasteiger charge is 2.36. The van der Waals surface area contributed by atoms with Crippen LogP contribution in [0.25, 0.3) is 0 Å². The van der Waals surface area contributed by atoms with E-state index in [1.165, 1.54) is 0 Å². The Balaban J connectivity index is 2.16. The molecule has 1 aromatic heterocycles. The first-order chi connectivity index (χ1) is 9.30. The molecule has 1 saturated carbocycles. The highest BCUT2D eigenvalue weighted by molar-refractivity contribution is 9.10. The molecule has 0 aliphatic heterocycles.